The monoisotopic (exact) mass is 810 g/mol. The fourth-order valence-corrected chi connectivity index (χ4v) is 2.22. The highest BCUT2D eigenvalue weighted by atomic mass is 19.4. The third-order valence-electron chi connectivity index (χ3n) is 5.02. The molecule has 0 aliphatic heterocycles. The summed E-state index contributed by atoms with van der Waals surface area (Å²) in [5.74, 6) is -33.4. The van der Waals surface area contributed by atoms with Gasteiger partial charge in [0.25, 0.3) is 5.67 Å². The molecule has 0 aliphatic carbocycles. The summed E-state index contributed by atoms with van der Waals surface area (Å²) >= 11 is 0. The average molecular weight is 810 g/mol. The van der Waals surface area contributed by atoms with Crippen LogP contribution in [-0.4, -0.2) is 96.1 Å². The standard InChI is InChI=1S/C16H6F28O5/c1-3(17,8(22,23)24)13(37,38)47-6(20,11(31,32)33)15(41,42)49-7(21,12(34,35)36)16(43,44)48-5(19,10(28,29)30)14(39,40)46-4(18,2-45)9(25,26)27/h45H,2H2,1H3. The third-order valence-corrected chi connectivity index (χ3v) is 5.02. The molecule has 0 spiro atoms. The fourth-order valence-electron chi connectivity index (χ4n) is 2.22. The Morgan fingerprint density at radius 3 is 0.735 bits per heavy atom. The van der Waals surface area contributed by atoms with Crippen LogP contribution in [-0.2, 0) is 18.9 Å². The van der Waals surface area contributed by atoms with Crippen molar-refractivity contribution in [3.8, 4) is 0 Å². The molecule has 296 valence electrons. The Morgan fingerprint density at radius 1 is 0.327 bits per heavy atom. The van der Waals surface area contributed by atoms with Crippen molar-refractivity contribution in [1.82, 2.24) is 0 Å². The molecular weight excluding hydrogens is 804 g/mol. The van der Waals surface area contributed by atoms with Crippen LogP contribution in [0.1, 0.15) is 6.92 Å². The summed E-state index contributed by atoms with van der Waals surface area (Å²) < 4.78 is 377. The molecule has 0 saturated heterocycles. The van der Waals surface area contributed by atoms with Gasteiger partial charge in [-0.15, -0.1) is 0 Å². The number of aliphatic hydroxyl groups excluding tert-OH is 1. The van der Waals surface area contributed by atoms with Gasteiger partial charge in [0.1, 0.15) is 6.61 Å². The van der Waals surface area contributed by atoms with E-state index in [1.807, 2.05) is 0 Å². The van der Waals surface area contributed by atoms with Crippen LogP contribution in [0.2, 0.25) is 0 Å². The molecule has 5 atom stereocenters. The maximum Gasteiger partial charge on any atom is 0.458 e. The normalized spacial score (nSPS) is 21.7. The molecule has 0 rings (SSSR count). The van der Waals surface area contributed by atoms with Crippen molar-refractivity contribution in [3.05, 3.63) is 0 Å². The van der Waals surface area contributed by atoms with Gasteiger partial charge < -0.3 is 5.11 Å². The Morgan fingerprint density at radius 2 is 0.551 bits per heavy atom. The lowest BCUT2D eigenvalue weighted by Crippen LogP contribution is -2.72. The number of hydrogen-bond acceptors (Lipinski definition) is 5. The molecule has 0 amide bonds. The minimum atomic E-state index is -9.10. The van der Waals surface area contributed by atoms with Crippen molar-refractivity contribution in [2.75, 3.05) is 6.61 Å². The van der Waals surface area contributed by atoms with Crippen molar-refractivity contribution in [2.45, 2.75) is 91.3 Å². The highest BCUT2D eigenvalue weighted by Gasteiger charge is 2.89. The Bertz CT molecular complexity index is 1150. The highest BCUT2D eigenvalue weighted by molar-refractivity contribution is 5.00. The summed E-state index contributed by atoms with van der Waals surface area (Å²) in [5.41, 5.74) is -6.90. The molecule has 5 unspecified atom stereocenters. The number of hydrogen-bond donors (Lipinski definition) is 1. The van der Waals surface area contributed by atoms with E-state index < -0.39 is 97.9 Å². The van der Waals surface area contributed by atoms with E-state index in [1.54, 1.807) is 0 Å². The van der Waals surface area contributed by atoms with Crippen LogP contribution >= 0.6 is 0 Å². The predicted octanol–water partition coefficient (Wildman–Crippen LogP) is 8.62. The van der Waals surface area contributed by atoms with Crippen molar-refractivity contribution >= 4 is 0 Å². The summed E-state index contributed by atoms with van der Waals surface area (Å²) in [6.45, 7) is -5.45. The quantitative estimate of drug-likeness (QED) is 0.189. The topological polar surface area (TPSA) is 57.2 Å². The van der Waals surface area contributed by atoms with Gasteiger partial charge in [-0.3, -0.25) is 18.9 Å². The molecule has 0 bridgehead atoms. The molecule has 0 aromatic carbocycles. The first kappa shape index (κ1) is 46.8. The predicted molar refractivity (Wildman–Crippen MR) is 86.4 cm³/mol. The third kappa shape index (κ3) is 7.86. The second-order valence-electron chi connectivity index (χ2n) is 8.64. The van der Waals surface area contributed by atoms with Crippen molar-refractivity contribution in [3.63, 3.8) is 0 Å². The van der Waals surface area contributed by atoms with Gasteiger partial charge in [-0.25, -0.2) is 4.39 Å². The molecule has 5 nitrogen and oxygen atoms in total. The van der Waals surface area contributed by atoms with Gasteiger partial charge in [0, 0.05) is 0 Å². The van der Waals surface area contributed by atoms with Gasteiger partial charge in [0.05, 0.1) is 0 Å². The lowest BCUT2D eigenvalue weighted by atomic mass is 10.1. The van der Waals surface area contributed by atoms with Gasteiger partial charge in [-0.05, 0) is 6.92 Å². The Hall–Kier alpha value is -2.16. The fraction of sp³-hybridized carbons (Fsp3) is 1.00. The van der Waals surface area contributed by atoms with Crippen LogP contribution in [0.25, 0.3) is 0 Å². The first-order chi connectivity index (χ1) is 20.6. The second kappa shape index (κ2) is 12.2. The maximum atomic E-state index is 14.4. The van der Waals surface area contributed by atoms with Gasteiger partial charge >= 0.3 is 78.7 Å². The minimum absolute atomic E-state index is 0.967. The SMILES string of the molecule is CC(F)(C(F)(F)F)C(F)(F)OC(F)(C(F)(F)F)C(F)(F)OC(F)(C(F)(F)F)C(F)(F)OC(F)(C(F)(F)F)C(F)(F)OC(F)(CO)C(F)(F)F. The first-order valence-electron chi connectivity index (χ1n) is 10.3. The van der Waals surface area contributed by atoms with Crippen molar-refractivity contribution in [1.29, 1.82) is 0 Å². The van der Waals surface area contributed by atoms with E-state index in [-0.39, 0.29) is 0 Å². The second-order valence-corrected chi connectivity index (χ2v) is 8.64. The molecule has 0 aliphatic rings. The zero-order chi connectivity index (χ0) is 40.5. The maximum absolute atomic E-state index is 14.4. The van der Waals surface area contributed by atoms with Crippen LogP contribution in [0, 0.1) is 0 Å². The van der Waals surface area contributed by atoms with Gasteiger partial charge in [0.2, 0.25) is 0 Å². The van der Waals surface area contributed by atoms with Crippen LogP contribution in [0.15, 0.2) is 0 Å². The molecule has 0 fully saturated rings. The van der Waals surface area contributed by atoms with E-state index in [4.69, 9.17) is 5.11 Å². The first-order valence-corrected chi connectivity index (χ1v) is 10.3. The molecular formula is C16H6F28O5. The summed E-state index contributed by atoms with van der Waals surface area (Å²) in [6, 6.07) is 0. The Labute approximate surface area is 246 Å². The lowest BCUT2D eigenvalue weighted by Gasteiger charge is -2.44. The molecule has 49 heavy (non-hydrogen) atoms. The van der Waals surface area contributed by atoms with Gasteiger partial charge in [0.15, 0.2) is 0 Å². The van der Waals surface area contributed by atoms with Crippen LogP contribution in [0.3, 0.4) is 0 Å². The van der Waals surface area contributed by atoms with E-state index >= 15 is 0 Å². The number of aliphatic hydroxyl groups is 1. The van der Waals surface area contributed by atoms with Crippen molar-refractivity contribution in [2.24, 2.45) is 0 Å². The molecule has 33 heteroatoms. The number of ether oxygens (including phenoxy) is 4. The summed E-state index contributed by atoms with van der Waals surface area (Å²) in [7, 11) is 0. The van der Waals surface area contributed by atoms with E-state index in [0.29, 0.717) is 0 Å². The number of alkyl halides is 28. The van der Waals surface area contributed by atoms with Gasteiger partial charge in [-0.1, -0.05) is 0 Å². The zero-order valence-electron chi connectivity index (χ0n) is 21.4. The summed E-state index contributed by atoms with van der Waals surface area (Å²) in [5, 5.41) is 8.13. The molecule has 0 aromatic heterocycles. The molecule has 0 heterocycles. The van der Waals surface area contributed by atoms with Crippen LogP contribution < -0.4 is 0 Å². The molecule has 0 radical (unpaired) electrons. The minimum Gasteiger partial charge on any atom is -0.390 e. The van der Waals surface area contributed by atoms with Gasteiger partial charge in [-0.2, -0.15) is 119 Å². The molecule has 0 saturated carbocycles. The lowest BCUT2D eigenvalue weighted by molar-refractivity contribution is -0.591. The summed E-state index contributed by atoms with van der Waals surface area (Å²) in [4.78, 5) is 0. The smallest absolute Gasteiger partial charge is 0.390 e. The number of halogens is 28. The van der Waals surface area contributed by atoms with Crippen molar-refractivity contribution < 1.29 is 147 Å². The number of rotatable bonds is 13. The Balaban J connectivity index is 7.61. The van der Waals surface area contributed by atoms with E-state index in [9.17, 15) is 123 Å². The highest BCUT2D eigenvalue weighted by Crippen LogP contribution is 2.60. The van der Waals surface area contributed by atoms with E-state index in [2.05, 4.69) is 0 Å². The molecule has 0 aromatic rings. The van der Waals surface area contributed by atoms with E-state index in [0.717, 1.165) is 9.47 Å². The van der Waals surface area contributed by atoms with Crippen LogP contribution in [0.4, 0.5) is 123 Å². The zero-order valence-corrected chi connectivity index (χ0v) is 21.4. The Kier molecular flexibility index (Phi) is 11.7. The van der Waals surface area contributed by atoms with Crippen LogP contribution in [0.5, 0.6) is 0 Å². The average Bonchev–Trinajstić information content (AvgIpc) is 2.78. The van der Waals surface area contributed by atoms with E-state index in [1.165, 1.54) is 9.47 Å². The summed E-state index contributed by atoms with van der Waals surface area (Å²) in [6.07, 6.45) is -74.8. The largest absolute Gasteiger partial charge is 0.458 e. The molecule has 1 N–H and O–H groups in total.